The molecule has 0 aliphatic heterocycles. The molecular formula is C7H9N7OS2. The average molecular weight is 271 g/mol. The van der Waals surface area contributed by atoms with Crippen LogP contribution in [0.2, 0.25) is 0 Å². The van der Waals surface area contributed by atoms with Crippen LogP contribution >= 0.6 is 23.1 Å². The molecule has 0 fully saturated rings. The van der Waals surface area contributed by atoms with Gasteiger partial charge in [-0.05, 0) is 0 Å². The second-order valence-electron chi connectivity index (χ2n) is 2.91. The van der Waals surface area contributed by atoms with Gasteiger partial charge in [0.1, 0.15) is 10.8 Å². The summed E-state index contributed by atoms with van der Waals surface area (Å²) in [5.41, 5.74) is 7.59. The molecule has 0 unspecified atom stereocenters. The Hall–Kier alpha value is -1.65. The molecule has 8 nitrogen and oxygen atoms in total. The zero-order chi connectivity index (χ0) is 12.3. The van der Waals surface area contributed by atoms with E-state index in [0.29, 0.717) is 16.0 Å². The second-order valence-corrected chi connectivity index (χ2v) is 4.94. The van der Waals surface area contributed by atoms with Crippen LogP contribution < -0.4 is 22.6 Å². The van der Waals surface area contributed by atoms with E-state index in [1.165, 1.54) is 29.2 Å². The van der Waals surface area contributed by atoms with Crippen molar-refractivity contribution in [1.82, 2.24) is 20.2 Å². The first-order valence-electron chi connectivity index (χ1n) is 4.46. The highest BCUT2D eigenvalue weighted by atomic mass is 32.2. The molecule has 0 aliphatic rings. The van der Waals surface area contributed by atoms with Gasteiger partial charge in [-0.2, -0.15) is 0 Å². The Morgan fingerprint density at radius 1 is 1.53 bits per heavy atom. The van der Waals surface area contributed by atoms with Gasteiger partial charge in [-0.3, -0.25) is 10.2 Å². The number of nitrogens with two attached hydrogens (primary N) is 2. The number of thioether (sulfide) groups is 1. The molecular weight excluding hydrogens is 262 g/mol. The molecule has 0 saturated carbocycles. The maximum absolute atomic E-state index is 11.1. The van der Waals surface area contributed by atoms with E-state index in [1.54, 1.807) is 0 Å². The number of anilines is 2. The molecule has 2 heterocycles. The van der Waals surface area contributed by atoms with Gasteiger partial charge in [0.25, 0.3) is 5.56 Å². The molecule has 0 atom stereocenters. The number of nitrogens with one attached hydrogen (secondary N) is 2. The van der Waals surface area contributed by atoms with Crippen molar-refractivity contribution in [2.24, 2.45) is 5.84 Å². The van der Waals surface area contributed by atoms with Gasteiger partial charge in [0.05, 0.1) is 5.75 Å². The minimum Gasteiger partial charge on any atom is -0.383 e. The third-order valence-corrected chi connectivity index (χ3v) is 3.58. The van der Waals surface area contributed by atoms with Crippen LogP contribution in [0.4, 0.5) is 10.9 Å². The molecule has 0 radical (unpaired) electrons. The van der Waals surface area contributed by atoms with E-state index in [1.807, 2.05) is 0 Å². The number of aromatic amines is 1. The van der Waals surface area contributed by atoms with Crippen LogP contribution in [0.3, 0.4) is 0 Å². The lowest BCUT2D eigenvalue weighted by Gasteiger charge is -1.98. The third kappa shape index (κ3) is 3.15. The van der Waals surface area contributed by atoms with Crippen LogP contribution in [0.25, 0.3) is 0 Å². The summed E-state index contributed by atoms with van der Waals surface area (Å²) in [7, 11) is 0. The van der Waals surface area contributed by atoms with Crippen molar-refractivity contribution in [1.29, 1.82) is 0 Å². The quantitative estimate of drug-likeness (QED) is 0.259. The SMILES string of the molecule is NNc1nnc(CSc2nc(N)cc(=O)[nH]2)s1. The lowest BCUT2D eigenvalue weighted by molar-refractivity contribution is 0.942. The number of aromatic nitrogens is 4. The first-order valence-corrected chi connectivity index (χ1v) is 6.26. The van der Waals surface area contributed by atoms with Crippen LogP contribution in [-0.4, -0.2) is 20.2 Å². The summed E-state index contributed by atoms with van der Waals surface area (Å²) in [6.45, 7) is 0. The van der Waals surface area contributed by atoms with E-state index >= 15 is 0 Å². The Labute approximate surface area is 104 Å². The zero-order valence-corrected chi connectivity index (χ0v) is 10.1. The van der Waals surface area contributed by atoms with Crippen molar-refractivity contribution in [3.63, 3.8) is 0 Å². The Morgan fingerprint density at radius 3 is 3.00 bits per heavy atom. The van der Waals surface area contributed by atoms with Gasteiger partial charge in [0.2, 0.25) is 5.13 Å². The summed E-state index contributed by atoms with van der Waals surface area (Å²) in [5.74, 6) is 5.91. The summed E-state index contributed by atoms with van der Waals surface area (Å²) < 4.78 is 0. The first-order chi connectivity index (χ1) is 8.17. The highest BCUT2D eigenvalue weighted by Crippen LogP contribution is 2.22. The minimum absolute atomic E-state index is 0.192. The van der Waals surface area contributed by atoms with E-state index in [0.717, 1.165) is 5.01 Å². The number of hydrogen-bond donors (Lipinski definition) is 4. The molecule has 0 aliphatic carbocycles. The zero-order valence-electron chi connectivity index (χ0n) is 8.51. The molecule has 0 bridgehead atoms. The molecule has 2 aromatic rings. The average Bonchev–Trinajstić information content (AvgIpc) is 2.73. The summed E-state index contributed by atoms with van der Waals surface area (Å²) in [6.07, 6.45) is 0. The monoisotopic (exact) mass is 271 g/mol. The first kappa shape index (κ1) is 11.8. The number of nitrogens with zero attached hydrogens (tertiary/aromatic N) is 3. The van der Waals surface area contributed by atoms with Gasteiger partial charge >= 0.3 is 0 Å². The predicted octanol–water partition coefficient (Wildman–Crippen LogP) is -0.219. The van der Waals surface area contributed by atoms with Crippen molar-refractivity contribution >= 4 is 34.0 Å². The fraction of sp³-hybridized carbons (Fsp3) is 0.143. The Balaban J connectivity index is 2.04. The van der Waals surface area contributed by atoms with Gasteiger partial charge in [0, 0.05) is 6.07 Å². The van der Waals surface area contributed by atoms with Crippen molar-refractivity contribution < 1.29 is 0 Å². The van der Waals surface area contributed by atoms with Crippen molar-refractivity contribution in [2.75, 3.05) is 11.2 Å². The number of hydrogen-bond acceptors (Lipinski definition) is 9. The molecule has 0 spiro atoms. The van der Waals surface area contributed by atoms with Crippen LogP contribution in [0.5, 0.6) is 0 Å². The second kappa shape index (κ2) is 5.12. The van der Waals surface area contributed by atoms with Gasteiger partial charge in [-0.25, -0.2) is 10.8 Å². The number of hydrazine groups is 1. The highest BCUT2D eigenvalue weighted by molar-refractivity contribution is 7.98. The minimum atomic E-state index is -0.276. The fourth-order valence-corrected chi connectivity index (χ4v) is 2.54. The van der Waals surface area contributed by atoms with E-state index in [-0.39, 0.29) is 11.4 Å². The smallest absolute Gasteiger partial charge is 0.253 e. The van der Waals surface area contributed by atoms with Crippen molar-refractivity contribution in [3.8, 4) is 0 Å². The highest BCUT2D eigenvalue weighted by Gasteiger charge is 2.05. The van der Waals surface area contributed by atoms with Gasteiger partial charge in [-0.15, -0.1) is 10.2 Å². The van der Waals surface area contributed by atoms with Crippen LogP contribution in [0, 0.1) is 0 Å². The summed E-state index contributed by atoms with van der Waals surface area (Å²) in [5, 5.41) is 9.44. The standard InChI is InChI=1S/C7H9N7OS2/c8-3-1-4(15)11-6(10-3)16-2-5-13-14-7(12-9)17-5/h1H,2,9H2,(H,12,14)(H3,8,10,11,15). The van der Waals surface area contributed by atoms with E-state index in [9.17, 15) is 4.79 Å². The topological polar surface area (TPSA) is 136 Å². The van der Waals surface area contributed by atoms with E-state index in [2.05, 4.69) is 25.6 Å². The number of nitrogen functional groups attached to an aromatic ring is 2. The molecule has 2 aromatic heterocycles. The molecule has 17 heavy (non-hydrogen) atoms. The maximum Gasteiger partial charge on any atom is 0.253 e. The summed E-state index contributed by atoms with van der Waals surface area (Å²) >= 11 is 2.65. The molecule has 0 saturated heterocycles. The van der Waals surface area contributed by atoms with Crippen LogP contribution in [-0.2, 0) is 5.75 Å². The van der Waals surface area contributed by atoms with Crippen molar-refractivity contribution in [2.45, 2.75) is 10.9 Å². The lowest BCUT2D eigenvalue weighted by atomic mass is 10.6. The molecule has 0 amide bonds. The normalized spacial score (nSPS) is 10.4. The van der Waals surface area contributed by atoms with E-state index < -0.39 is 0 Å². The molecule has 0 aromatic carbocycles. The van der Waals surface area contributed by atoms with Gasteiger partial charge < -0.3 is 10.7 Å². The van der Waals surface area contributed by atoms with Gasteiger partial charge in [-0.1, -0.05) is 23.1 Å². The number of rotatable bonds is 4. The number of H-pyrrole nitrogens is 1. The fourth-order valence-electron chi connectivity index (χ4n) is 1.02. The third-order valence-electron chi connectivity index (χ3n) is 1.66. The van der Waals surface area contributed by atoms with E-state index in [4.69, 9.17) is 11.6 Å². The Morgan fingerprint density at radius 2 is 2.35 bits per heavy atom. The molecule has 10 heteroatoms. The predicted molar refractivity (Wildman–Crippen MR) is 66.6 cm³/mol. The molecule has 90 valence electrons. The largest absolute Gasteiger partial charge is 0.383 e. The van der Waals surface area contributed by atoms with Crippen LogP contribution in [0.1, 0.15) is 5.01 Å². The summed E-state index contributed by atoms with van der Waals surface area (Å²) in [4.78, 5) is 17.7. The van der Waals surface area contributed by atoms with Gasteiger partial charge in [0.15, 0.2) is 5.16 Å². The lowest BCUT2D eigenvalue weighted by Crippen LogP contribution is -2.09. The Bertz CT molecular complexity index is 565. The molecule has 2 rings (SSSR count). The molecule has 6 N–H and O–H groups in total. The van der Waals surface area contributed by atoms with Crippen LogP contribution in [0.15, 0.2) is 16.0 Å². The maximum atomic E-state index is 11.1. The van der Waals surface area contributed by atoms with Crippen molar-refractivity contribution in [3.05, 3.63) is 21.4 Å². The summed E-state index contributed by atoms with van der Waals surface area (Å²) in [6, 6.07) is 1.23. The Kier molecular flexibility index (Phi) is 3.56.